The second kappa shape index (κ2) is 8.58. The zero-order valence-corrected chi connectivity index (χ0v) is 18.7. The van der Waals surface area contributed by atoms with E-state index in [1.807, 2.05) is 16.7 Å². The van der Waals surface area contributed by atoms with Gasteiger partial charge in [0.2, 0.25) is 0 Å². The molecule has 0 amide bonds. The third kappa shape index (κ3) is 3.99. The molecule has 0 saturated heterocycles. The Morgan fingerprint density at radius 2 is 1.94 bits per heavy atom. The van der Waals surface area contributed by atoms with E-state index in [-0.39, 0.29) is 5.82 Å². The number of methoxy groups -OCH3 is 1. The van der Waals surface area contributed by atoms with E-state index in [1.54, 1.807) is 24.7 Å². The van der Waals surface area contributed by atoms with Crippen molar-refractivity contribution in [1.29, 1.82) is 0 Å². The van der Waals surface area contributed by atoms with Gasteiger partial charge in [0.25, 0.3) is 0 Å². The van der Waals surface area contributed by atoms with Crippen molar-refractivity contribution in [1.82, 2.24) is 19.4 Å². The van der Waals surface area contributed by atoms with E-state index in [9.17, 15) is 4.39 Å². The molecule has 0 fully saturated rings. The predicted molar refractivity (Wildman–Crippen MR) is 121 cm³/mol. The van der Waals surface area contributed by atoms with Gasteiger partial charge in [0.1, 0.15) is 18.2 Å². The molecule has 0 unspecified atom stereocenters. The molecule has 5 rings (SSSR count). The Morgan fingerprint density at radius 3 is 2.72 bits per heavy atom. The van der Waals surface area contributed by atoms with Gasteiger partial charge in [-0.25, -0.2) is 14.4 Å². The van der Waals surface area contributed by atoms with Crippen molar-refractivity contribution in [2.75, 3.05) is 20.3 Å². The van der Waals surface area contributed by atoms with Gasteiger partial charge in [-0.1, -0.05) is 23.2 Å². The van der Waals surface area contributed by atoms with Crippen LogP contribution in [0.5, 0.6) is 11.8 Å². The van der Waals surface area contributed by atoms with Crippen molar-refractivity contribution in [3.63, 3.8) is 0 Å². The molecule has 0 bridgehead atoms. The minimum Gasteiger partial charge on any atom is -0.490 e. The first kappa shape index (κ1) is 21.0. The van der Waals surface area contributed by atoms with Crippen LogP contribution in [0.3, 0.4) is 0 Å². The number of hydrogen-bond acceptors (Lipinski definition) is 5. The normalized spacial score (nSPS) is 14.1. The fraction of sp³-hybridized carbons (Fsp3) is 0.217. The van der Waals surface area contributed by atoms with Gasteiger partial charge in [-0.3, -0.25) is 4.90 Å². The smallest absolute Gasteiger partial charge is 0.316 e. The Balaban J connectivity index is 1.49. The minimum absolute atomic E-state index is 0.330. The highest BCUT2D eigenvalue weighted by atomic mass is 35.5. The number of benzene rings is 2. The van der Waals surface area contributed by atoms with Gasteiger partial charge in [0.15, 0.2) is 0 Å². The van der Waals surface area contributed by atoms with Crippen LogP contribution in [-0.4, -0.2) is 39.7 Å². The maximum absolute atomic E-state index is 13.7. The van der Waals surface area contributed by atoms with Crippen LogP contribution in [0.15, 0.2) is 48.9 Å². The van der Waals surface area contributed by atoms with Gasteiger partial charge < -0.3 is 14.0 Å². The largest absolute Gasteiger partial charge is 0.490 e. The monoisotopic (exact) mass is 472 g/mol. The molecule has 2 aromatic heterocycles. The summed E-state index contributed by atoms with van der Waals surface area (Å²) in [5.74, 6) is 0.348. The van der Waals surface area contributed by atoms with Gasteiger partial charge in [0.05, 0.1) is 22.7 Å². The second-order valence-electron chi connectivity index (χ2n) is 7.56. The fourth-order valence-corrected chi connectivity index (χ4v) is 4.48. The summed E-state index contributed by atoms with van der Waals surface area (Å²) in [5, 5.41) is 1.64. The molecule has 9 heteroatoms. The molecule has 3 heterocycles. The number of fused-ring (bicyclic) bond motifs is 2. The number of aromatic nitrogens is 3. The average Bonchev–Trinajstić information content (AvgIpc) is 2.97. The third-order valence-corrected chi connectivity index (χ3v) is 6.00. The van der Waals surface area contributed by atoms with Crippen LogP contribution in [0.4, 0.5) is 4.39 Å². The van der Waals surface area contributed by atoms with Gasteiger partial charge in [-0.15, -0.1) is 0 Å². The van der Waals surface area contributed by atoms with Gasteiger partial charge in [0, 0.05) is 60.4 Å². The standard InChI is InChI=1S/C23H19Cl2FN4O2/c1-31-23-27-9-14(10-28-23)11-29-4-5-32-22-15(12-29)6-17(8-19(22)24)30-13-20(25)18-7-16(26)2-3-21(18)30/h2-3,6-10,13H,4-5,11-12H2,1H3. The molecule has 0 atom stereocenters. The molecule has 32 heavy (non-hydrogen) atoms. The maximum Gasteiger partial charge on any atom is 0.316 e. The summed E-state index contributed by atoms with van der Waals surface area (Å²) >= 11 is 13.0. The van der Waals surface area contributed by atoms with E-state index >= 15 is 0 Å². The molecular formula is C23H19Cl2FN4O2. The zero-order chi connectivity index (χ0) is 22.2. The Hall–Kier alpha value is -2.87. The molecule has 6 nitrogen and oxygen atoms in total. The quantitative estimate of drug-likeness (QED) is 0.404. The summed E-state index contributed by atoms with van der Waals surface area (Å²) in [5.41, 5.74) is 3.56. The van der Waals surface area contributed by atoms with Gasteiger partial charge in [-0.2, -0.15) is 0 Å². The van der Waals surface area contributed by atoms with Crippen LogP contribution in [0.1, 0.15) is 11.1 Å². The Labute approximate surface area is 194 Å². The van der Waals surface area contributed by atoms with Crippen molar-refractivity contribution in [3.05, 3.63) is 75.9 Å². The van der Waals surface area contributed by atoms with Crippen LogP contribution < -0.4 is 9.47 Å². The van der Waals surface area contributed by atoms with E-state index in [2.05, 4.69) is 14.9 Å². The number of nitrogens with zero attached hydrogens (tertiary/aromatic N) is 4. The number of rotatable bonds is 4. The van der Waals surface area contributed by atoms with E-state index in [1.165, 1.54) is 19.2 Å². The zero-order valence-electron chi connectivity index (χ0n) is 17.2. The van der Waals surface area contributed by atoms with Crippen molar-refractivity contribution < 1.29 is 13.9 Å². The Morgan fingerprint density at radius 1 is 1.12 bits per heavy atom. The third-order valence-electron chi connectivity index (χ3n) is 5.42. The van der Waals surface area contributed by atoms with E-state index in [0.717, 1.165) is 28.9 Å². The highest BCUT2D eigenvalue weighted by Gasteiger charge is 2.21. The predicted octanol–water partition coefficient (Wildman–Crippen LogP) is 5.27. The highest BCUT2D eigenvalue weighted by molar-refractivity contribution is 6.35. The summed E-state index contributed by atoms with van der Waals surface area (Å²) in [6, 6.07) is 8.77. The van der Waals surface area contributed by atoms with Crippen molar-refractivity contribution >= 4 is 34.1 Å². The first-order chi connectivity index (χ1) is 15.5. The van der Waals surface area contributed by atoms with Crippen LogP contribution in [0.2, 0.25) is 10.0 Å². The lowest BCUT2D eigenvalue weighted by atomic mass is 10.1. The van der Waals surface area contributed by atoms with Gasteiger partial charge >= 0.3 is 6.01 Å². The van der Waals surface area contributed by atoms with Crippen LogP contribution in [0, 0.1) is 5.82 Å². The minimum atomic E-state index is -0.330. The molecule has 0 aliphatic carbocycles. The highest BCUT2D eigenvalue weighted by Crippen LogP contribution is 2.37. The molecule has 1 aliphatic heterocycles. The molecular weight excluding hydrogens is 454 g/mol. The second-order valence-corrected chi connectivity index (χ2v) is 8.38. The summed E-state index contributed by atoms with van der Waals surface area (Å²) in [6.07, 6.45) is 5.29. The van der Waals surface area contributed by atoms with Crippen LogP contribution in [0.25, 0.3) is 16.6 Å². The molecule has 0 spiro atoms. The molecule has 0 N–H and O–H groups in total. The first-order valence-electron chi connectivity index (χ1n) is 10.0. The van der Waals surface area contributed by atoms with E-state index in [4.69, 9.17) is 32.7 Å². The van der Waals surface area contributed by atoms with Crippen molar-refractivity contribution in [2.24, 2.45) is 0 Å². The van der Waals surface area contributed by atoms with Crippen molar-refractivity contribution in [2.45, 2.75) is 13.1 Å². The van der Waals surface area contributed by atoms with Crippen molar-refractivity contribution in [3.8, 4) is 17.4 Å². The van der Waals surface area contributed by atoms with E-state index in [0.29, 0.717) is 46.9 Å². The lowest BCUT2D eigenvalue weighted by molar-refractivity contribution is 0.219. The summed E-state index contributed by atoms with van der Waals surface area (Å²) in [4.78, 5) is 10.6. The molecule has 1 aliphatic rings. The summed E-state index contributed by atoms with van der Waals surface area (Å²) in [6.45, 7) is 2.53. The Kier molecular flexibility index (Phi) is 5.63. The number of hydrogen-bond donors (Lipinski definition) is 0. The summed E-state index contributed by atoms with van der Waals surface area (Å²) in [7, 11) is 1.54. The fourth-order valence-electron chi connectivity index (χ4n) is 3.95. The molecule has 0 saturated carbocycles. The first-order valence-corrected chi connectivity index (χ1v) is 10.8. The lowest BCUT2D eigenvalue weighted by Gasteiger charge is -2.19. The van der Waals surface area contributed by atoms with E-state index < -0.39 is 0 Å². The molecule has 0 radical (unpaired) electrons. The SMILES string of the molecule is COc1ncc(CN2CCOc3c(Cl)cc(-n4cc(Cl)c5cc(F)ccc54)cc3C2)cn1. The maximum atomic E-state index is 13.7. The van der Waals surface area contributed by atoms with Crippen LogP contribution in [-0.2, 0) is 13.1 Å². The van der Waals surface area contributed by atoms with Crippen LogP contribution >= 0.6 is 23.2 Å². The average molecular weight is 473 g/mol. The molecule has 4 aromatic rings. The molecule has 2 aromatic carbocycles. The topological polar surface area (TPSA) is 52.4 Å². The summed E-state index contributed by atoms with van der Waals surface area (Å²) < 4.78 is 26.6. The van der Waals surface area contributed by atoms with Gasteiger partial charge in [-0.05, 0) is 30.3 Å². The number of halogens is 3. The molecule has 164 valence electrons. The lowest BCUT2D eigenvalue weighted by Crippen LogP contribution is -2.25. The Bertz CT molecular complexity index is 1290. The number of ether oxygens (including phenoxy) is 2.